The third-order valence-corrected chi connectivity index (χ3v) is 10.8. The van der Waals surface area contributed by atoms with Gasteiger partial charge in [0.1, 0.15) is 23.7 Å². The monoisotopic (exact) mass is 782 g/mol. The zero-order valence-corrected chi connectivity index (χ0v) is 32.4. The molecular weight excluding hydrogens is 737 g/mol. The van der Waals surface area contributed by atoms with Crippen molar-refractivity contribution in [3.05, 3.63) is 109 Å². The number of imidazole rings is 2. The van der Waals surface area contributed by atoms with Crippen molar-refractivity contribution in [3.63, 3.8) is 0 Å². The molecule has 0 aliphatic carbocycles. The average molecular weight is 783 g/mol. The van der Waals surface area contributed by atoms with Crippen LogP contribution in [0.4, 0.5) is 11.9 Å². The zero-order chi connectivity index (χ0) is 39.8. The van der Waals surface area contributed by atoms with E-state index in [9.17, 15) is 9.59 Å². The summed E-state index contributed by atoms with van der Waals surface area (Å²) in [5.41, 5.74) is 6.02. The summed E-state index contributed by atoms with van der Waals surface area (Å²) < 4.78 is 10.9. The highest BCUT2D eigenvalue weighted by molar-refractivity contribution is 5.94. The van der Waals surface area contributed by atoms with E-state index < -0.39 is 12.1 Å². The third-order valence-electron chi connectivity index (χ3n) is 10.8. The number of carbonyl (C=O) groups excluding carboxylic acids is 2. The van der Waals surface area contributed by atoms with Gasteiger partial charge in [-0.15, -0.1) is 0 Å². The van der Waals surface area contributed by atoms with Gasteiger partial charge in [0.2, 0.25) is 23.7 Å². The molecule has 8 rings (SSSR count). The molecule has 4 aromatic heterocycles. The predicted octanol–water partition coefficient (Wildman–Crippen LogP) is 5.30. The van der Waals surface area contributed by atoms with E-state index in [0.29, 0.717) is 0 Å². The minimum atomic E-state index is -0.524. The minimum Gasteiger partial charge on any atom is -0.383 e. The van der Waals surface area contributed by atoms with Gasteiger partial charge in [-0.05, 0) is 73.2 Å². The molecule has 2 amide bonds. The summed E-state index contributed by atoms with van der Waals surface area (Å²) in [4.78, 5) is 64.1. The van der Waals surface area contributed by atoms with Crippen LogP contribution in [0.3, 0.4) is 0 Å². The molecule has 4 N–H and O–H groups in total. The molecule has 2 fully saturated rings. The molecule has 2 aromatic carbocycles. The van der Waals surface area contributed by atoms with Crippen LogP contribution in [-0.2, 0) is 19.1 Å². The number of nitrogens with zero attached hydrogens (tertiary/aromatic N) is 8. The summed E-state index contributed by atoms with van der Waals surface area (Å²) in [7, 11) is 3.20. The van der Waals surface area contributed by atoms with Crippen LogP contribution in [0.5, 0.6) is 0 Å². The van der Waals surface area contributed by atoms with E-state index in [1.807, 2.05) is 12.4 Å². The highest BCUT2D eigenvalue weighted by Gasteiger charge is 2.39. The second kappa shape index (κ2) is 17.9. The van der Waals surface area contributed by atoms with Gasteiger partial charge in [-0.1, -0.05) is 48.5 Å². The first-order valence-corrected chi connectivity index (χ1v) is 19.4. The van der Waals surface area contributed by atoms with Crippen molar-refractivity contribution in [2.75, 3.05) is 51.2 Å². The molecular formula is C42H46N12O4. The van der Waals surface area contributed by atoms with Crippen molar-refractivity contribution in [2.24, 2.45) is 0 Å². The summed E-state index contributed by atoms with van der Waals surface area (Å²) in [5.74, 6) is 1.74. The van der Waals surface area contributed by atoms with Gasteiger partial charge in [0.25, 0.3) is 0 Å². The lowest BCUT2D eigenvalue weighted by atomic mass is 10.0. The smallest absolute Gasteiger partial charge is 0.246 e. The summed E-state index contributed by atoms with van der Waals surface area (Å²) >= 11 is 0. The van der Waals surface area contributed by atoms with Crippen molar-refractivity contribution in [1.29, 1.82) is 0 Å². The topological polar surface area (TPSA) is 192 Å². The van der Waals surface area contributed by atoms with Gasteiger partial charge in [0.15, 0.2) is 0 Å². The zero-order valence-electron chi connectivity index (χ0n) is 32.4. The normalized spacial score (nSPS) is 18.2. The molecule has 16 nitrogen and oxygen atoms in total. The number of methoxy groups -OCH3 is 2. The van der Waals surface area contributed by atoms with Crippen LogP contribution in [0.2, 0.25) is 0 Å². The molecule has 6 aromatic rings. The Morgan fingerprint density at radius 1 is 0.621 bits per heavy atom. The number of likely N-dealkylation sites (tertiary alicyclic amines) is 2. The maximum absolute atomic E-state index is 13.3. The SMILES string of the molecule is COC[C@@H](C(=O)Nc1ncccn1)N1CCCC1c1ncc(-c2ccc(-c3ccc(-c4cnc(C5CCCN5[C@@H](COC)C(=O)Nc5ncccn5)[nH]4)cc3)cc2)[nH]1. The van der Waals surface area contributed by atoms with Crippen LogP contribution in [-0.4, -0.2) is 114 Å². The number of hydrogen-bond donors (Lipinski definition) is 4. The molecule has 0 saturated carbocycles. The second-order valence-electron chi connectivity index (χ2n) is 14.4. The standard InChI is InChI=1S/C42H46N12O4/c1-57-25-35(39(55)51-41-43-17-5-18-44-41)53-21-3-7-33(53)37-47-23-31(49-37)29-13-9-27(10-14-29)28-11-15-30(16-12-28)32-24-48-38(50-32)34-8-4-22-54(34)36(26-58-2)40(56)52-42-45-19-6-20-46-42/h5-6,9-20,23-24,33-36H,3-4,7-8,21-22,25-26H2,1-2H3,(H,47,49)(H,48,50)(H,43,44,51,55)(H,45,46,52,56)/t33?,34?,35-,36-/m0/s1. The first-order valence-electron chi connectivity index (χ1n) is 19.4. The Hall–Kier alpha value is -6.20. The molecule has 2 unspecified atom stereocenters. The number of hydrogen-bond acceptors (Lipinski definition) is 12. The van der Waals surface area contributed by atoms with Crippen molar-refractivity contribution < 1.29 is 19.1 Å². The Balaban J connectivity index is 0.914. The van der Waals surface area contributed by atoms with Crippen molar-refractivity contribution in [2.45, 2.75) is 49.9 Å². The van der Waals surface area contributed by atoms with Crippen molar-refractivity contribution in [1.82, 2.24) is 49.7 Å². The van der Waals surface area contributed by atoms with E-state index in [0.717, 1.165) is 84.1 Å². The maximum Gasteiger partial charge on any atom is 0.246 e. The van der Waals surface area contributed by atoms with E-state index in [1.165, 1.54) is 0 Å². The Labute approximate surface area is 335 Å². The molecule has 0 radical (unpaired) electrons. The van der Waals surface area contributed by atoms with Crippen molar-refractivity contribution in [3.8, 4) is 33.6 Å². The van der Waals surface area contributed by atoms with E-state index in [-0.39, 0.29) is 49.0 Å². The number of amides is 2. The lowest BCUT2D eigenvalue weighted by molar-refractivity contribution is -0.124. The molecule has 0 spiro atoms. The predicted molar refractivity (Wildman–Crippen MR) is 217 cm³/mol. The molecule has 6 heterocycles. The van der Waals surface area contributed by atoms with Crippen LogP contribution in [0.1, 0.15) is 49.4 Å². The average Bonchev–Trinajstić information content (AvgIpc) is 4.10. The number of anilines is 2. The van der Waals surface area contributed by atoms with Gasteiger partial charge in [-0.3, -0.25) is 30.0 Å². The van der Waals surface area contributed by atoms with Gasteiger partial charge < -0.3 is 19.4 Å². The number of rotatable bonds is 15. The fourth-order valence-corrected chi connectivity index (χ4v) is 7.98. The van der Waals surface area contributed by atoms with Gasteiger partial charge in [-0.2, -0.15) is 0 Å². The number of benzene rings is 2. The van der Waals surface area contributed by atoms with Gasteiger partial charge >= 0.3 is 0 Å². The Bertz CT molecular complexity index is 2110. The summed E-state index contributed by atoms with van der Waals surface area (Å²) in [6.07, 6.45) is 13.7. The Morgan fingerprint density at radius 2 is 1.00 bits per heavy atom. The molecule has 16 heteroatoms. The molecule has 298 valence electrons. The Kier molecular flexibility index (Phi) is 12.0. The lowest BCUT2D eigenvalue weighted by Crippen LogP contribution is -2.47. The molecule has 58 heavy (non-hydrogen) atoms. The molecule has 2 aliphatic heterocycles. The fraction of sp³-hybridized carbons (Fsp3) is 0.333. The number of ether oxygens (including phenoxy) is 2. The number of aromatic amines is 2. The number of carbonyl (C=O) groups is 2. The Morgan fingerprint density at radius 3 is 1.38 bits per heavy atom. The molecule has 4 atom stereocenters. The highest BCUT2D eigenvalue weighted by atomic mass is 16.5. The van der Waals surface area contributed by atoms with Crippen molar-refractivity contribution >= 4 is 23.7 Å². The lowest BCUT2D eigenvalue weighted by Gasteiger charge is -2.30. The van der Waals surface area contributed by atoms with Gasteiger partial charge in [0.05, 0.1) is 49.1 Å². The number of nitrogens with one attached hydrogen (secondary N) is 4. The number of H-pyrrole nitrogens is 2. The maximum atomic E-state index is 13.3. The molecule has 0 bridgehead atoms. The van der Waals surface area contributed by atoms with Crippen LogP contribution in [0.25, 0.3) is 33.6 Å². The van der Waals surface area contributed by atoms with Gasteiger partial charge in [-0.25, -0.2) is 29.9 Å². The quantitative estimate of drug-likeness (QED) is 0.105. The summed E-state index contributed by atoms with van der Waals surface area (Å²) in [6, 6.07) is 19.0. The van der Waals surface area contributed by atoms with E-state index in [1.54, 1.807) is 51.1 Å². The third kappa shape index (κ3) is 8.55. The first-order chi connectivity index (χ1) is 28.5. The van der Waals surface area contributed by atoms with Crippen LogP contribution < -0.4 is 10.6 Å². The van der Waals surface area contributed by atoms with E-state index in [2.05, 4.69) is 98.9 Å². The molecule has 2 aliphatic rings. The van der Waals surface area contributed by atoms with E-state index in [4.69, 9.17) is 19.4 Å². The number of aromatic nitrogens is 8. The second-order valence-corrected chi connectivity index (χ2v) is 14.4. The summed E-state index contributed by atoms with van der Waals surface area (Å²) in [6.45, 7) is 1.95. The van der Waals surface area contributed by atoms with Crippen LogP contribution in [0, 0.1) is 0 Å². The first kappa shape index (κ1) is 38.7. The fourth-order valence-electron chi connectivity index (χ4n) is 7.98. The largest absolute Gasteiger partial charge is 0.383 e. The van der Waals surface area contributed by atoms with Gasteiger partial charge in [0, 0.05) is 39.0 Å². The molecule has 2 saturated heterocycles. The minimum absolute atomic E-state index is 0.0632. The van der Waals surface area contributed by atoms with Crippen LogP contribution in [0.15, 0.2) is 97.8 Å². The van der Waals surface area contributed by atoms with E-state index >= 15 is 0 Å². The summed E-state index contributed by atoms with van der Waals surface area (Å²) in [5, 5.41) is 5.66. The van der Waals surface area contributed by atoms with Crippen LogP contribution >= 0.6 is 0 Å². The highest BCUT2D eigenvalue weighted by Crippen LogP contribution is 2.36.